The third kappa shape index (κ3) is 4.68. The summed E-state index contributed by atoms with van der Waals surface area (Å²) in [7, 11) is -1.36. The van der Waals surface area contributed by atoms with E-state index in [1.807, 2.05) is 39.0 Å². The molecule has 1 aromatic heterocycles. The van der Waals surface area contributed by atoms with E-state index in [0.29, 0.717) is 37.0 Å². The molecule has 0 aliphatic carbocycles. The van der Waals surface area contributed by atoms with Crippen molar-refractivity contribution in [3.8, 4) is 0 Å². The number of hydrogen-bond acceptors (Lipinski definition) is 7. The number of hydrogen-bond donors (Lipinski definition) is 0. The van der Waals surface area contributed by atoms with Crippen LogP contribution >= 0.6 is 0 Å². The predicted octanol–water partition coefficient (Wildman–Crippen LogP) is 1.66. The zero-order chi connectivity index (χ0) is 22.2. The Balaban J connectivity index is 1.47. The van der Waals surface area contributed by atoms with Crippen molar-refractivity contribution in [1.29, 1.82) is 0 Å². The zero-order valence-electron chi connectivity index (χ0n) is 18.9. The lowest BCUT2D eigenvalue weighted by Gasteiger charge is -2.36. The molecule has 168 valence electrons. The third-order valence-electron chi connectivity index (χ3n) is 6.13. The van der Waals surface area contributed by atoms with Gasteiger partial charge in [-0.2, -0.15) is 9.29 Å². The first-order chi connectivity index (χ1) is 14.7. The molecule has 2 aromatic rings. The van der Waals surface area contributed by atoms with Gasteiger partial charge in [0, 0.05) is 64.1 Å². The van der Waals surface area contributed by atoms with Gasteiger partial charge in [-0.3, -0.25) is 0 Å². The summed E-state index contributed by atoms with van der Waals surface area (Å²) in [5, 5.41) is 0. The Kier molecular flexibility index (Phi) is 6.18. The first-order valence-corrected chi connectivity index (χ1v) is 12.3. The molecule has 0 unspecified atom stereocenters. The molecule has 0 amide bonds. The average Bonchev–Trinajstić information content (AvgIpc) is 2.73. The van der Waals surface area contributed by atoms with E-state index in [1.54, 1.807) is 10.4 Å². The minimum Gasteiger partial charge on any atom is -0.354 e. The quantitative estimate of drug-likeness (QED) is 0.710. The number of anilines is 2. The fourth-order valence-electron chi connectivity index (χ4n) is 4.23. The summed E-state index contributed by atoms with van der Waals surface area (Å²) in [6, 6.07) is 7.54. The number of likely N-dealkylation sites (N-methyl/N-ethyl adjacent to an activating group) is 1. The van der Waals surface area contributed by atoms with E-state index >= 15 is 0 Å². The Bertz CT molecular complexity index is 1040. The van der Waals surface area contributed by atoms with Crippen molar-refractivity contribution in [2.24, 2.45) is 0 Å². The van der Waals surface area contributed by atoms with Crippen LogP contribution in [-0.4, -0.2) is 87.0 Å². The van der Waals surface area contributed by atoms with Crippen molar-refractivity contribution in [2.75, 3.05) is 69.2 Å². The second-order valence-corrected chi connectivity index (χ2v) is 10.5. The van der Waals surface area contributed by atoms with Crippen molar-refractivity contribution >= 4 is 21.8 Å². The number of rotatable bonds is 4. The van der Waals surface area contributed by atoms with E-state index in [2.05, 4.69) is 26.7 Å². The van der Waals surface area contributed by atoms with E-state index in [4.69, 9.17) is 4.98 Å². The molecule has 2 aliphatic rings. The molecular weight excluding hydrogens is 412 g/mol. The Morgan fingerprint density at radius 3 is 2.10 bits per heavy atom. The van der Waals surface area contributed by atoms with Crippen LogP contribution in [0.2, 0.25) is 0 Å². The standard InChI is InChI=1S/C22H32N6O2S/c1-17-5-6-20(18(2)15-17)31(29,30)28-13-11-27(12-14-28)22-23-19(3)16-21(24-22)26-9-7-25(4)8-10-26/h5-6,15-16H,7-14H2,1-4H3. The summed E-state index contributed by atoms with van der Waals surface area (Å²) in [5.41, 5.74) is 2.79. The summed E-state index contributed by atoms with van der Waals surface area (Å²) in [6.45, 7) is 11.8. The van der Waals surface area contributed by atoms with E-state index in [-0.39, 0.29) is 0 Å². The molecule has 1 aromatic carbocycles. The van der Waals surface area contributed by atoms with Crippen LogP contribution in [0.4, 0.5) is 11.8 Å². The Morgan fingerprint density at radius 1 is 0.806 bits per heavy atom. The van der Waals surface area contributed by atoms with Crippen molar-refractivity contribution in [1.82, 2.24) is 19.2 Å². The second-order valence-electron chi connectivity index (χ2n) is 8.62. The van der Waals surface area contributed by atoms with Gasteiger partial charge in [0.2, 0.25) is 16.0 Å². The molecule has 8 nitrogen and oxygen atoms in total. The van der Waals surface area contributed by atoms with Crippen molar-refractivity contribution in [3.63, 3.8) is 0 Å². The van der Waals surface area contributed by atoms with E-state index in [9.17, 15) is 8.42 Å². The predicted molar refractivity (Wildman–Crippen MR) is 123 cm³/mol. The van der Waals surface area contributed by atoms with Gasteiger partial charge in [0.05, 0.1) is 4.90 Å². The third-order valence-corrected chi connectivity index (χ3v) is 8.18. The lowest BCUT2D eigenvalue weighted by molar-refractivity contribution is 0.312. The molecule has 2 fully saturated rings. The molecule has 0 atom stereocenters. The summed E-state index contributed by atoms with van der Waals surface area (Å²) in [5.74, 6) is 1.65. The molecule has 31 heavy (non-hydrogen) atoms. The van der Waals surface area contributed by atoms with Crippen LogP contribution in [0, 0.1) is 20.8 Å². The summed E-state index contributed by atoms with van der Waals surface area (Å²) < 4.78 is 27.9. The smallest absolute Gasteiger partial charge is 0.243 e. The van der Waals surface area contributed by atoms with Gasteiger partial charge in [0.15, 0.2) is 0 Å². The molecule has 2 aliphatic heterocycles. The minimum absolute atomic E-state index is 0.399. The maximum Gasteiger partial charge on any atom is 0.243 e. The fourth-order valence-corrected chi connectivity index (χ4v) is 5.86. The number of benzene rings is 1. The van der Waals surface area contributed by atoms with Crippen LogP contribution in [0.5, 0.6) is 0 Å². The van der Waals surface area contributed by atoms with Gasteiger partial charge in [0.25, 0.3) is 0 Å². The highest BCUT2D eigenvalue weighted by Crippen LogP contribution is 2.24. The second kappa shape index (κ2) is 8.72. The van der Waals surface area contributed by atoms with E-state index < -0.39 is 10.0 Å². The Hall–Kier alpha value is -2.23. The molecule has 4 rings (SSSR count). The largest absolute Gasteiger partial charge is 0.354 e. The summed E-state index contributed by atoms with van der Waals surface area (Å²) >= 11 is 0. The molecule has 2 saturated heterocycles. The lowest BCUT2D eigenvalue weighted by atomic mass is 10.2. The van der Waals surface area contributed by atoms with E-state index in [1.165, 1.54) is 0 Å². The summed E-state index contributed by atoms with van der Waals surface area (Å²) in [4.78, 5) is 16.6. The topological polar surface area (TPSA) is 72.9 Å². The van der Waals surface area contributed by atoms with Crippen molar-refractivity contribution in [3.05, 3.63) is 41.1 Å². The van der Waals surface area contributed by atoms with Crippen LogP contribution in [0.25, 0.3) is 0 Å². The van der Waals surface area contributed by atoms with Gasteiger partial charge >= 0.3 is 0 Å². The fraction of sp³-hybridized carbons (Fsp3) is 0.545. The highest BCUT2D eigenvalue weighted by atomic mass is 32.2. The molecular formula is C22H32N6O2S. The first-order valence-electron chi connectivity index (χ1n) is 10.9. The highest BCUT2D eigenvalue weighted by Gasteiger charge is 2.30. The molecule has 9 heteroatoms. The van der Waals surface area contributed by atoms with Crippen LogP contribution in [0.1, 0.15) is 16.8 Å². The highest BCUT2D eigenvalue weighted by molar-refractivity contribution is 7.89. The number of nitrogens with zero attached hydrogens (tertiary/aromatic N) is 6. The maximum absolute atomic E-state index is 13.2. The normalized spacial score (nSPS) is 19.1. The number of aromatic nitrogens is 2. The van der Waals surface area contributed by atoms with Crippen LogP contribution in [0.3, 0.4) is 0 Å². The maximum atomic E-state index is 13.2. The van der Waals surface area contributed by atoms with Crippen LogP contribution in [-0.2, 0) is 10.0 Å². The molecule has 0 N–H and O–H groups in total. The Labute approximate surface area is 185 Å². The van der Waals surface area contributed by atoms with Gasteiger partial charge in [0.1, 0.15) is 5.82 Å². The number of piperazine rings is 2. The van der Waals surface area contributed by atoms with Gasteiger partial charge in [-0.05, 0) is 39.4 Å². The van der Waals surface area contributed by atoms with Crippen LogP contribution < -0.4 is 9.80 Å². The summed E-state index contributed by atoms with van der Waals surface area (Å²) in [6.07, 6.45) is 0. The van der Waals surface area contributed by atoms with E-state index in [0.717, 1.165) is 48.8 Å². The van der Waals surface area contributed by atoms with Crippen LogP contribution in [0.15, 0.2) is 29.2 Å². The average molecular weight is 445 g/mol. The van der Waals surface area contributed by atoms with Gasteiger partial charge < -0.3 is 14.7 Å². The van der Waals surface area contributed by atoms with Gasteiger partial charge in [-0.25, -0.2) is 13.4 Å². The molecule has 0 bridgehead atoms. The number of aryl methyl sites for hydroxylation is 3. The van der Waals surface area contributed by atoms with Crippen molar-refractivity contribution < 1.29 is 8.42 Å². The van der Waals surface area contributed by atoms with Crippen molar-refractivity contribution in [2.45, 2.75) is 25.7 Å². The molecule has 0 saturated carbocycles. The monoisotopic (exact) mass is 444 g/mol. The van der Waals surface area contributed by atoms with Gasteiger partial charge in [-0.15, -0.1) is 0 Å². The lowest BCUT2D eigenvalue weighted by Crippen LogP contribution is -2.49. The van der Waals surface area contributed by atoms with Gasteiger partial charge in [-0.1, -0.05) is 17.7 Å². The molecule has 0 radical (unpaired) electrons. The number of sulfonamides is 1. The molecule has 3 heterocycles. The zero-order valence-corrected chi connectivity index (χ0v) is 19.7. The SMILES string of the molecule is Cc1ccc(S(=O)(=O)N2CCN(c3nc(C)cc(N4CCN(C)CC4)n3)CC2)c(C)c1. The molecule has 0 spiro atoms. The first kappa shape index (κ1) is 22.0. The minimum atomic E-state index is -3.50. The Morgan fingerprint density at radius 2 is 1.45 bits per heavy atom.